The number of fused-ring (bicyclic) bond motifs is 1. The number of hydrogen-bond acceptors (Lipinski definition) is 4. The summed E-state index contributed by atoms with van der Waals surface area (Å²) in [5, 5.41) is 18.1. The summed E-state index contributed by atoms with van der Waals surface area (Å²) in [4.78, 5) is 12.9. The molecule has 1 heterocycles. The quantitative estimate of drug-likeness (QED) is 0.314. The average Bonchev–Trinajstić information content (AvgIpc) is 3.12. The van der Waals surface area contributed by atoms with E-state index in [0.717, 1.165) is 12.0 Å². The highest BCUT2D eigenvalue weighted by atomic mass is 35.5. The van der Waals surface area contributed by atoms with Crippen LogP contribution in [0.5, 0.6) is 0 Å². The molecule has 31 heavy (non-hydrogen) atoms. The molecular weight excluding hydrogens is 412 g/mol. The molecule has 0 saturated carbocycles. The van der Waals surface area contributed by atoms with Gasteiger partial charge in [0.2, 0.25) is 5.82 Å². The van der Waals surface area contributed by atoms with Crippen LogP contribution in [0.1, 0.15) is 11.1 Å². The molecule has 0 unspecified atom stereocenters. The summed E-state index contributed by atoms with van der Waals surface area (Å²) in [6.45, 7) is 0. The van der Waals surface area contributed by atoms with Crippen LogP contribution in [0.25, 0.3) is 10.9 Å². The third-order valence-electron chi connectivity index (χ3n) is 4.59. The van der Waals surface area contributed by atoms with Gasteiger partial charge in [-0.05, 0) is 47.9 Å². The summed E-state index contributed by atoms with van der Waals surface area (Å²) in [7, 11) is 3.52. The lowest BCUT2D eigenvalue weighted by atomic mass is 10.0. The number of anilines is 1. The number of halogens is 1. The van der Waals surface area contributed by atoms with Crippen molar-refractivity contribution in [2.24, 2.45) is 10.3 Å². The number of carbonyl (C=O) groups excluding carboxylic acids is 1. The third-order valence-corrected chi connectivity index (χ3v) is 4.83. The van der Waals surface area contributed by atoms with E-state index in [-0.39, 0.29) is 0 Å². The highest BCUT2D eigenvalue weighted by molar-refractivity contribution is 6.31. The first-order valence-corrected chi connectivity index (χ1v) is 10.1. The number of hydrogen-bond donors (Lipinski definition) is 1. The molecule has 0 fully saturated rings. The Labute approximate surface area is 184 Å². The highest BCUT2D eigenvalue weighted by Crippen LogP contribution is 2.28. The molecule has 1 aromatic heterocycles. The van der Waals surface area contributed by atoms with Crippen molar-refractivity contribution in [3.05, 3.63) is 88.9 Å². The maximum Gasteiger partial charge on any atom is 0.347 e. The van der Waals surface area contributed by atoms with Crippen molar-refractivity contribution in [1.29, 1.82) is 0 Å². The number of nitrogens with one attached hydrogen (secondary N) is 1. The van der Waals surface area contributed by atoms with Gasteiger partial charge in [0.15, 0.2) is 0 Å². The van der Waals surface area contributed by atoms with Crippen LogP contribution in [0.15, 0.2) is 83.1 Å². The fourth-order valence-corrected chi connectivity index (χ4v) is 3.31. The van der Waals surface area contributed by atoms with Crippen LogP contribution in [0.3, 0.4) is 0 Å². The molecule has 8 heteroatoms. The Kier molecular flexibility index (Phi) is 5.95. The van der Waals surface area contributed by atoms with E-state index in [1.807, 2.05) is 42.5 Å². The topological polar surface area (TPSA) is 74.9 Å². The minimum absolute atomic E-state index is 0.341. The second kappa shape index (κ2) is 8.97. The lowest BCUT2D eigenvalue weighted by Crippen LogP contribution is -2.20. The number of benzene rings is 3. The van der Waals surface area contributed by atoms with E-state index in [9.17, 15) is 4.79 Å². The van der Waals surface area contributed by atoms with Crippen LogP contribution in [-0.2, 0) is 6.42 Å². The van der Waals surface area contributed by atoms with E-state index >= 15 is 0 Å². The van der Waals surface area contributed by atoms with Gasteiger partial charge in [-0.25, -0.2) is 4.79 Å². The van der Waals surface area contributed by atoms with Crippen molar-refractivity contribution in [2.75, 3.05) is 19.4 Å². The zero-order valence-electron chi connectivity index (χ0n) is 17.2. The second-order valence-corrected chi connectivity index (χ2v) is 7.66. The summed E-state index contributed by atoms with van der Waals surface area (Å²) >= 11 is 6.14. The zero-order chi connectivity index (χ0) is 21.8. The fourth-order valence-electron chi connectivity index (χ4n) is 3.15. The number of carbonyl (C=O) groups is 1. The molecule has 1 amide bonds. The molecule has 3 aromatic carbocycles. The number of nitrogens with zero attached hydrogens (tertiary/aromatic N) is 5. The molecule has 0 aliphatic rings. The van der Waals surface area contributed by atoms with Gasteiger partial charge >= 0.3 is 6.03 Å². The van der Waals surface area contributed by atoms with Gasteiger partial charge < -0.3 is 5.32 Å². The normalized spacial score (nSPS) is 11.2. The van der Waals surface area contributed by atoms with Crippen LogP contribution in [0.4, 0.5) is 16.3 Å². The van der Waals surface area contributed by atoms with Crippen molar-refractivity contribution in [3.63, 3.8) is 0 Å². The van der Waals surface area contributed by atoms with Gasteiger partial charge in [0.25, 0.3) is 0 Å². The first-order chi connectivity index (χ1) is 15.0. The van der Waals surface area contributed by atoms with Crippen molar-refractivity contribution in [3.8, 4) is 0 Å². The van der Waals surface area contributed by atoms with Crippen LogP contribution in [-0.4, -0.2) is 34.9 Å². The van der Waals surface area contributed by atoms with E-state index in [4.69, 9.17) is 11.6 Å². The lowest BCUT2D eigenvalue weighted by Gasteiger charge is -2.07. The lowest BCUT2D eigenvalue weighted by molar-refractivity contribution is 0.252. The fraction of sp³-hybridized carbons (Fsp3) is 0.130. The van der Waals surface area contributed by atoms with E-state index in [1.165, 1.54) is 10.2 Å². The molecule has 1 N–H and O–H groups in total. The first kappa shape index (κ1) is 20.6. The van der Waals surface area contributed by atoms with Crippen LogP contribution < -0.4 is 5.32 Å². The van der Waals surface area contributed by atoms with Crippen molar-refractivity contribution in [1.82, 2.24) is 14.8 Å². The van der Waals surface area contributed by atoms with Gasteiger partial charge in [0, 0.05) is 30.2 Å². The predicted octanol–water partition coefficient (Wildman–Crippen LogP) is 5.92. The molecule has 0 aliphatic carbocycles. The molecule has 4 aromatic rings. The Hall–Kier alpha value is -3.71. The summed E-state index contributed by atoms with van der Waals surface area (Å²) < 4.78 is 1.25. The van der Waals surface area contributed by atoms with E-state index in [0.29, 0.717) is 27.4 Å². The van der Waals surface area contributed by atoms with Crippen molar-refractivity contribution < 1.29 is 4.79 Å². The largest absolute Gasteiger partial charge is 0.347 e. The van der Waals surface area contributed by atoms with Gasteiger partial charge in [-0.1, -0.05) is 59.3 Å². The van der Waals surface area contributed by atoms with Gasteiger partial charge in [0.05, 0.1) is 5.52 Å². The molecule has 0 radical (unpaired) electrons. The van der Waals surface area contributed by atoms with Crippen molar-refractivity contribution >= 4 is 40.0 Å². The average molecular weight is 433 g/mol. The Morgan fingerprint density at radius 1 is 1.03 bits per heavy atom. The maximum absolute atomic E-state index is 12.9. The molecule has 0 spiro atoms. The monoisotopic (exact) mass is 432 g/mol. The van der Waals surface area contributed by atoms with Gasteiger partial charge in [-0.2, -0.15) is 4.68 Å². The predicted molar refractivity (Wildman–Crippen MR) is 123 cm³/mol. The van der Waals surface area contributed by atoms with Gasteiger partial charge in [0.1, 0.15) is 0 Å². The van der Waals surface area contributed by atoms with Crippen LogP contribution in [0.2, 0.25) is 5.02 Å². The Balaban J connectivity index is 1.56. The highest BCUT2D eigenvalue weighted by Gasteiger charge is 2.16. The summed E-state index contributed by atoms with van der Waals surface area (Å²) in [6, 6.07) is 22.8. The minimum Gasteiger partial charge on any atom is -0.306 e. The van der Waals surface area contributed by atoms with Crippen LogP contribution in [0, 0.1) is 0 Å². The SMILES string of the molecule is CN(C)N=Nc1nn(C(=O)Nc2ccc(Cc3ccccc3)cc2)c2cc(Cl)ccc12. The number of aromatic nitrogens is 2. The molecular formula is C23H21ClN6O. The molecule has 7 nitrogen and oxygen atoms in total. The van der Waals surface area contributed by atoms with Gasteiger partial charge in [-0.3, -0.25) is 5.01 Å². The molecule has 0 bridgehead atoms. The number of amides is 1. The standard InChI is InChI=1S/C23H21ClN6O/c1-29(2)28-26-22-20-13-10-18(24)15-21(20)30(27-22)23(31)25-19-11-8-17(9-12-19)14-16-6-4-3-5-7-16/h3-13,15H,14H2,1-2H3,(H,25,31). The van der Waals surface area contributed by atoms with E-state index < -0.39 is 6.03 Å². The molecule has 0 aliphatic heterocycles. The Bertz CT molecular complexity index is 1230. The summed E-state index contributed by atoms with van der Waals surface area (Å²) in [5.74, 6) is 0.341. The third kappa shape index (κ3) is 4.90. The summed E-state index contributed by atoms with van der Waals surface area (Å²) in [5.41, 5.74) is 3.62. The molecule has 0 saturated heterocycles. The van der Waals surface area contributed by atoms with Crippen LogP contribution >= 0.6 is 11.6 Å². The Morgan fingerprint density at radius 3 is 2.45 bits per heavy atom. The first-order valence-electron chi connectivity index (χ1n) is 9.71. The van der Waals surface area contributed by atoms with Crippen molar-refractivity contribution in [2.45, 2.75) is 6.42 Å². The van der Waals surface area contributed by atoms with E-state index in [1.54, 1.807) is 37.3 Å². The summed E-state index contributed by atoms with van der Waals surface area (Å²) in [6.07, 6.45) is 0.831. The molecule has 0 atom stereocenters. The zero-order valence-corrected chi connectivity index (χ0v) is 17.9. The maximum atomic E-state index is 12.9. The second-order valence-electron chi connectivity index (χ2n) is 7.22. The Morgan fingerprint density at radius 2 is 1.74 bits per heavy atom. The molecule has 156 valence electrons. The number of rotatable bonds is 5. The van der Waals surface area contributed by atoms with Gasteiger partial charge in [-0.15, -0.1) is 10.2 Å². The van der Waals surface area contributed by atoms with E-state index in [2.05, 4.69) is 32.9 Å². The minimum atomic E-state index is -0.408. The molecule has 4 rings (SSSR count). The smallest absolute Gasteiger partial charge is 0.306 e.